The van der Waals surface area contributed by atoms with Crippen molar-refractivity contribution in [2.75, 3.05) is 12.8 Å². The van der Waals surface area contributed by atoms with Crippen molar-refractivity contribution in [3.63, 3.8) is 0 Å². The quantitative estimate of drug-likeness (QED) is 0.897. The summed E-state index contributed by atoms with van der Waals surface area (Å²) >= 11 is 1.18. The Kier molecular flexibility index (Phi) is 2.98. The zero-order valence-electron chi connectivity index (χ0n) is 9.38. The summed E-state index contributed by atoms with van der Waals surface area (Å²) in [4.78, 5) is 0. The third kappa shape index (κ3) is 2.09. The van der Waals surface area contributed by atoms with Crippen molar-refractivity contribution in [3.8, 4) is 0 Å². The van der Waals surface area contributed by atoms with Crippen LogP contribution in [-0.2, 0) is 10.0 Å². The van der Waals surface area contributed by atoms with Gasteiger partial charge in [-0.3, -0.25) is 0 Å². The first kappa shape index (κ1) is 11.9. The molecule has 0 radical (unpaired) electrons. The number of anilines is 1. The molecule has 0 amide bonds. The molecule has 2 rings (SSSR count). The second-order valence-corrected chi connectivity index (χ2v) is 7.43. The van der Waals surface area contributed by atoms with Crippen LogP contribution in [0.4, 0.5) is 5.69 Å². The lowest BCUT2D eigenvalue weighted by Crippen LogP contribution is -2.36. The minimum Gasteiger partial charge on any atom is -0.398 e. The molecule has 90 valence electrons. The van der Waals surface area contributed by atoms with E-state index in [0.29, 0.717) is 15.8 Å². The highest BCUT2D eigenvalue weighted by atomic mass is 32.2. The van der Waals surface area contributed by atoms with Gasteiger partial charge < -0.3 is 5.73 Å². The summed E-state index contributed by atoms with van der Waals surface area (Å²) in [6, 6.07) is 1.60. The third-order valence-electron chi connectivity index (χ3n) is 3.11. The molecule has 1 aromatic heterocycles. The average molecular weight is 260 g/mol. The molecule has 1 aliphatic carbocycles. The van der Waals surface area contributed by atoms with Gasteiger partial charge in [-0.1, -0.05) is 0 Å². The van der Waals surface area contributed by atoms with E-state index in [9.17, 15) is 8.42 Å². The molecule has 0 spiro atoms. The van der Waals surface area contributed by atoms with Crippen LogP contribution in [0.15, 0.2) is 15.7 Å². The van der Waals surface area contributed by atoms with E-state index in [4.69, 9.17) is 5.73 Å². The normalized spacial score (nSPS) is 18.9. The monoisotopic (exact) mass is 260 g/mol. The van der Waals surface area contributed by atoms with Crippen molar-refractivity contribution in [2.45, 2.75) is 30.0 Å². The molecule has 1 saturated carbocycles. The van der Waals surface area contributed by atoms with Gasteiger partial charge in [-0.2, -0.15) is 4.31 Å². The van der Waals surface area contributed by atoms with Crippen LogP contribution in [0.25, 0.3) is 0 Å². The van der Waals surface area contributed by atoms with Gasteiger partial charge in [-0.05, 0) is 31.7 Å². The lowest BCUT2D eigenvalue weighted by atomic mass is 10.2. The Hall–Kier alpha value is -0.590. The molecule has 1 fully saturated rings. The van der Waals surface area contributed by atoms with E-state index < -0.39 is 10.0 Å². The number of hydrogen-bond acceptors (Lipinski definition) is 4. The largest absolute Gasteiger partial charge is 0.398 e. The lowest BCUT2D eigenvalue weighted by molar-refractivity contribution is 0.358. The zero-order valence-corrected chi connectivity index (χ0v) is 11.0. The van der Waals surface area contributed by atoms with Crippen LogP contribution in [0.3, 0.4) is 0 Å². The Labute approximate surface area is 100 Å². The van der Waals surface area contributed by atoms with Crippen LogP contribution in [0, 0.1) is 5.92 Å². The topological polar surface area (TPSA) is 63.4 Å². The van der Waals surface area contributed by atoms with Gasteiger partial charge in [0, 0.05) is 24.2 Å². The van der Waals surface area contributed by atoms with Crippen molar-refractivity contribution in [3.05, 3.63) is 11.4 Å². The second-order valence-electron chi connectivity index (χ2n) is 4.30. The Morgan fingerprint density at radius 3 is 2.62 bits per heavy atom. The van der Waals surface area contributed by atoms with Gasteiger partial charge >= 0.3 is 0 Å². The molecule has 0 bridgehead atoms. The first-order valence-electron chi connectivity index (χ1n) is 5.25. The van der Waals surface area contributed by atoms with Gasteiger partial charge in [0.1, 0.15) is 4.21 Å². The predicted molar refractivity (Wildman–Crippen MR) is 65.9 cm³/mol. The summed E-state index contributed by atoms with van der Waals surface area (Å²) in [5.41, 5.74) is 6.06. The smallest absolute Gasteiger partial charge is 0.252 e. The summed E-state index contributed by atoms with van der Waals surface area (Å²) in [5.74, 6) is 0.525. The minimum absolute atomic E-state index is 0.0772. The van der Waals surface area contributed by atoms with E-state index in [2.05, 4.69) is 0 Å². The number of rotatable bonds is 4. The summed E-state index contributed by atoms with van der Waals surface area (Å²) < 4.78 is 26.2. The zero-order chi connectivity index (χ0) is 11.9. The summed E-state index contributed by atoms with van der Waals surface area (Å²) in [7, 11) is -1.70. The Morgan fingerprint density at radius 1 is 1.56 bits per heavy atom. The van der Waals surface area contributed by atoms with Crippen LogP contribution >= 0.6 is 11.3 Å². The minimum atomic E-state index is -3.35. The summed E-state index contributed by atoms with van der Waals surface area (Å²) in [5, 5.41) is 1.66. The average Bonchev–Trinajstić information content (AvgIpc) is 2.98. The molecule has 1 heterocycles. The highest BCUT2D eigenvalue weighted by Gasteiger charge is 2.36. The first-order valence-corrected chi connectivity index (χ1v) is 7.57. The molecule has 16 heavy (non-hydrogen) atoms. The van der Waals surface area contributed by atoms with Gasteiger partial charge in [-0.25, -0.2) is 8.42 Å². The van der Waals surface area contributed by atoms with Crippen LogP contribution in [-0.4, -0.2) is 25.8 Å². The number of sulfonamides is 1. The van der Waals surface area contributed by atoms with Crippen molar-refractivity contribution in [1.29, 1.82) is 0 Å². The fourth-order valence-corrected chi connectivity index (χ4v) is 4.39. The van der Waals surface area contributed by atoms with Crippen LogP contribution < -0.4 is 5.73 Å². The molecule has 6 heteroatoms. The van der Waals surface area contributed by atoms with Gasteiger partial charge in [0.25, 0.3) is 10.0 Å². The fourth-order valence-electron chi connectivity index (χ4n) is 1.70. The molecule has 1 atom stereocenters. The van der Waals surface area contributed by atoms with Crippen molar-refractivity contribution in [2.24, 2.45) is 5.92 Å². The summed E-state index contributed by atoms with van der Waals surface area (Å²) in [6.45, 7) is 1.96. The molecule has 4 nitrogen and oxygen atoms in total. The maximum atomic E-state index is 12.2. The molecule has 0 saturated heterocycles. The Morgan fingerprint density at radius 2 is 2.19 bits per heavy atom. The molecule has 0 aliphatic heterocycles. The van der Waals surface area contributed by atoms with Gasteiger partial charge in [0.05, 0.1) is 0 Å². The maximum Gasteiger partial charge on any atom is 0.252 e. The third-order valence-corrected chi connectivity index (χ3v) is 6.48. The highest BCUT2D eigenvalue weighted by Crippen LogP contribution is 2.37. The van der Waals surface area contributed by atoms with E-state index in [1.165, 1.54) is 21.7 Å². The molecule has 1 aromatic rings. The van der Waals surface area contributed by atoms with Crippen LogP contribution in [0.1, 0.15) is 19.8 Å². The van der Waals surface area contributed by atoms with E-state index >= 15 is 0 Å². The lowest BCUT2D eigenvalue weighted by Gasteiger charge is -2.23. The maximum absolute atomic E-state index is 12.2. The van der Waals surface area contributed by atoms with Gasteiger partial charge in [-0.15, -0.1) is 11.3 Å². The van der Waals surface area contributed by atoms with E-state index in [1.807, 2.05) is 6.92 Å². The van der Waals surface area contributed by atoms with Crippen molar-refractivity contribution < 1.29 is 8.42 Å². The molecule has 2 N–H and O–H groups in total. The molecule has 1 aliphatic rings. The van der Waals surface area contributed by atoms with Crippen molar-refractivity contribution >= 4 is 27.0 Å². The Bertz CT molecular complexity index is 477. The Balaban J connectivity index is 2.24. The van der Waals surface area contributed by atoms with Gasteiger partial charge in [0.15, 0.2) is 0 Å². The number of hydrogen-bond donors (Lipinski definition) is 1. The summed E-state index contributed by atoms with van der Waals surface area (Å²) in [6.07, 6.45) is 2.27. The van der Waals surface area contributed by atoms with Crippen LogP contribution in [0.5, 0.6) is 0 Å². The number of nitrogen functional groups attached to an aromatic ring is 1. The molecule has 0 aromatic carbocycles. The van der Waals surface area contributed by atoms with Crippen LogP contribution in [0.2, 0.25) is 0 Å². The van der Waals surface area contributed by atoms with E-state index in [0.717, 1.165) is 12.8 Å². The number of thiophene rings is 1. The molecule has 1 unspecified atom stereocenters. The first-order chi connectivity index (χ1) is 7.43. The fraction of sp³-hybridized carbons (Fsp3) is 0.600. The molecular weight excluding hydrogens is 244 g/mol. The standard InChI is InChI=1S/C10H16N2O2S2/c1-7(8-3-4-8)12(2)16(13,14)10-5-9(11)6-15-10/h5-8H,3-4,11H2,1-2H3. The highest BCUT2D eigenvalue weighted by molar-refractivity contribution is 7.91. The SMILES string of the molecule is CC(C1CC1)N(C)S(=O)(=O)c1cc(N)cs1. The number of nitrogens with two attached hydrogens (primary N) is 1. The predicted octanol–water partition coefficient (Wildman–Crippen LogP) is 1.75. The van der Waals surface area contributed by atoms with Crippen molar-refractivity contribution in [1.82, 2.24) is 4.31 Å². The van der Waals surface area contributed by atoms with Gasteiger partial charge in [0.2, 0.25) is 0 Å². The van der Waals surface area contributed by atoms with E-state index in [1.54, 1.807) is 12.4 Å². The number of nitrogens with zero attached hydrogens (tertiary/aromatic N) is 1. The molecular formula is C10H16N2O2S2. The second kappa shape index (κ2) is 4.01. The van der Waals surface area contributed by atoms with E-state index in [-0.39, 0.29) is 6.04 Å².